The summed E-state index contributed by atoms with van der Waals surface area (Å²) in [6, 6.07) is 11.7. The fourth-order valence-corrected chi connectivity index (χ4v) is 8.72. The van der Waals surface area contributed by atoms with Gasteiger partial charge in [-0.3, -0.25) is 4.79 Å². The van der Waals surface area contributed by atoms with Crippen LogP contribution in [-0.2, 0) is 16.6 Å². The van der Waals surface area contributed by atoms with Gasteiger partial charge in [-0.25, -0.2) is 13.1 Å². The number of carbonyl (C=O) groups is 1. The number of nitrogens with one attached hydrogen (secondary N) is 2. The van der Waals surface area contributed by atoms with E-state index >= 15 is 0 Å². The van der Waals surface area contributed by atoms with E-state index in [1.807, 2.05) is 18.2 Å². The van der Waals surface area contributed by atoms with Crippen LogP contribution in [0.3, 0.4) is 0 Å². The molecule has 2 N–H and O–H groups in total. The number of benzene rings is 2. The molecule has 13 heteroatoms. The zero-order valence-electron chi connectivity index (χ0n) is 24.7. The fourth-order valence-electron chi connectivity index (χ4n) is 6.90. The molecular formula is C32H33Cl2N5O5S. The number of aromatic nitrogens is 2. The molecule has 4 aromatic rings. The summed E-state index contributed by atoms with van der Waals surface area (Å²) in [5.41, 5.74) is 3.75. The molecule has 2 atom stereocenters. The summed E-state index contributed by atoms with van der Waals surface area (Å²) in [5.74, 6) is 0.652. The minimum atomic E-state index is -3.73. The van der Waals surface area contributed by atoms with Crippen LogP contribution >= 0.6 is 23.2 Å². The van der Waals surface area contributed by atoms with Crippen molar-refractivity contribution < 1.29 is 22.2 Å². The third-order valence-corrected chi connectivity index (χ3v) is 12.7. The number of anilines is 1. The van der Waals surface area contributed by atoms with E-state index in [0.717, 1.165) is 49.8 Å². The second kappa shape index (κ2) is 10.7. The molecule has 4 aliphatic rings. The molecule has 2 saturated heterocycles. The Morgan fingerprint density at radius 3 is 2.44 bits per heavy atom. The first-order valence-corrected chi connectivity index (χ1v) is 17.8. The quantitative estimate of drug-likeness (QED) is 0.203. The lowest BCUT2D eigenvalue weighted by Gasteiger charge is -2.38. The van der Waals surface area contributed by atoms with Crippen LogP contribution < -0.4 is 14.9 Å². The third kappa shape index (κ3) is 5.21. The van der Waals surface area contributed by atoms with Crippen molar-refractivity contribution in [2.24, 2.45) is 0 Å². The molecule has 2 aliphatic heterocycles. The molecule has 0 radical (unpaired) electrons. The molecule has 8 rings (SSSR count). The van der Waals surface area contributed by atoms with Gasteiger partial charge in [-0.2, -0.15) is 4.98 Å². The lowest BCUT2D eigenvalue weighted by atomic mass is 9.97. The van der Waals surface area contributed by atoms with Gasteiger partial charge in [-0.05, 0) is 88.6 Å². The standard InChI is InChI=1S/C32H33Cl2N5O5S/c1-32(11-12-32)45(41,42)38-30(40)18-7-10-25-26(13-18)43-31(36-25)39-20-8-9-21(39)15-19(14-20)35-16-22-28(37-44-29(22)17-5-6-17)27-23(33)3-2-4-24(27)34/h2-4,7,10,13,17,19-21,35H,5-6,8-9,11-12,14-16H2,1H3,(H,38,40). The number of hydrogen-bond donors (Lipinski definition) is 2. The lowest BCUT2D eigenvalue weighted by Crippen LogP contribution is -2.49. The average Bonchev–Trinajstić information content (AvgIpc) is 3.88. The molecule has 2 aromatic carbocycles. The summed E-state index contributed by atoms with van der Waals surface area (Å²) < 4.78 is 38.5. The second-order valence-electron chi connectivity index (χ2n) is 13.1. The van der Waals surface area contributed by atoms with Crippen LogP contribution in [0.5, 0.6) is 0 Å². The summed E-state index contributed by atoms with van der Waals surface area (Å²) in [6.45, 7) is 2.26. The van der Waals surface area contributed by atoms with Crippen molar-refractivity contribution in [1.29, 1.82) is 0 Å². The summed E-state index contributed by atoms with van der Waals surface area (Å²) in [7, 11) is -3.73. The number of nitrogens with zero attached hydrogens (tertiary/aromatic N) is 3. The second-order valence-corrected chi connectivity index (χ2v) is 16.2. The molecule has 2 unspecified atom stereocenters. The van der Waals surface area contributed by atoms with Crippen LogP contribution in [0.15, 0.2) is 45.3 Å². The molecule has 2 saturated carbocycles. The van der Waals surface area contributed by atoms with Gasteiger partial charge in [0.1, 0.15) is 17.0 Å². The molecule has 45 heavy (non-hydrogen) atoms. The topological polar surface area (TPSA) is 131 Å². The van der Waals surface area contributed by atoms with Crippen LogP contribution in [0.4, 0.5) is 6.01 Å². The highest BCUT2D eigenvalue weighted by molar-refractivity contribution is 7.91. The minimum Gasteiger partial charge on any atom is -0.423 e. The first-order chi connectivity index (χ1) is 21.6. The molecule has 4 heterocycles. The van der Waals surface area contributed by atoms with E-state index < -0.39 is 20.7 Å². The average molecular weight is 671 g/mol. The zero-order valence-corrected chi connectivity index (χ0v) is 27.0. The highest BCUT2D eigenvalue weighted by atomic mass is 35.5. The smallest absolute Gasteiger partial charge is 0.298 e. The molecular weight excluding hydrogens is 637 g/mol. The fraction of sp³-hybridized carbons (Fsp3) is 0.469. The van der Waals surface area contributed by atoms with Crippen LogP contribution in [0, 0.1) is 0 Å². The maximum atomic E-state index is 12.8. The maximum absolute atomic E-state index is 12.8. The van der Waals surface area contributed by atoms with Gasteiger partial charge in [0.2, 0.25) is 10.0 Å². The van der Waals surface area contributed by atoms with Crippen molar-refractivity contribution in [3.8, 4) is 11.3 Å². The minimum absolute atomic E-state index is 0.223. The Balaban J connectivity index is 0.974. The highest BCUT2D eigenvalue weighted by Gasteiger charge is 2.51. The molecule has 10 nitrogen and oxygen atoms in total. The van der Waals surface area contributed by atoms with Gasteiger partial charge in [-0.15, -0.1) is 0 Å². The van der Waals surface area contributed by atoms with Gasteiger partial charge >= 0.3 is 0 Å². The Labute approximate surface area is 270 Å². The molecule has 2 aliphatic carbocycles. The van der Waals surface area contributed by atoms with Crippen LogP contribution in [0.25, 0.3) is 22.4 Å². The number of amides is 1. The van der Waals surface area contributed by atoms with Gasteiger partial charge in [0.15, 0.2) is 5.58 Å². The third-order valence-electron chi connectivity index (χ3n) is 9.96. The Morgan fingerprint density at radius 2 is 1.78 bits per heavy atom. The van der Waals surface area contributed by atoms with Gasteiger partial charge in [-0.1, -0.05) is 34.4 Å². The van der Waals surface area contributed by atoms with E-state index in [0.29, 0.717) is 63.7 Å². The predicted molar refractivity (Wildman–Crippen MR) is 171 cm³/mol. The number of piperidine rings is 1. The number of carbonyl (C=O) groups excluding carboxylic acids is 1. The molecule has 0 spiro atoms. The number of sulfonamides is 1. The monoisotopic (exact) mass is 669 g/mol. The van der Waals surface area contributed by atoms with Crippen LogP contribution in [0.1, 0.15) is 85.9 Å². The Kier molecular flexibility index (Phi) is 6.98. The molecule has 236 valence electrons. The molecule has 2 aromatic heterocycles. The van der Waals surface area contributed by atoms with Crippen molar-refractivity contribution in [3.63, 3.8) is 0 Å². The Morgan fingerprint density at radius 1 is 1.07 bits per heavy atom. The number of halogens is 2. The maximum Gasteiger partial charge on any atom is 0.298 e. The van der Waals surface area contributed by atoms with E-state index in [2.05, 4.69) is 20.1 Å². The molecule has 4 fully saturated rings. The van der Waals surface area contributed by atoms with E-state index in [9.17, 15) is 13.2 Å². The number of hydrogen-bond acceptors (Lipinski definition) is 9. The van der Waals surface area contributed by atoms with Crippen molar-refractivity contribution in [2.45, 2.75) is 93.6 Å². The Hall–Kier alpha value is -3.12. The van der Waals surface area contributed by atoms with E-state index in [-0.39, 0.29) is 23.7 Å². The summed E-state index contributed by atoms with van der Waals surface area (Å²) in [4.78, 5) is 19.8. The highest BCUT2D eigenvalue weighted by Crippen LogP contribution is 2.46. The SMILES string of the molecule is CC1(S(=O)(=O)NC(=O)c2ccc3nc(N4C5CCC4CC(NCc4c(-c6c(Cl)cccc6Cl)noc4C4CC4)C5)oc3c2)CC1. The zero-order chi connectivity index (χ0) is 31.1. The van der Waals surface area contributed by atoms with Gasteiger partial charge in [0.25, 0.3) is 11.9 Å². The van der Waals surface area contributed by atoms with Crippen LogP contribution in [-0.4, -0.2) is 47.3 Å². The van der Waals surface area contributed by atoms with Gasteiger partial charge in [0, 0.05) is 47.3 Å². The predicted octanol–water partition coefficient (Wildman–Crippen LogP) is 6.57. The van der Waals surface area contributed by atoms with E-state index in [1.165, 1.54) is 0 Å². The van der Waals surface area contributed by atoms with Gasteiger partial charge in [0.05, 0.1) is 14.8 Å². The van der Waals surface area contributed by atoms with Crippen LogP contribution in [0.2, 0.25) is 10.0 Å². The summed E-state index contributed by atoms with van der Waals surface area (Å²) >= 11 is 13.1. The number of rotatable bonds is 9. The number of oxazole rings is 1. The van der Waals surface area contributed by atoms with Gasteiger partial charge < -0.3 is 19.2 Å². The first kappa shape index (κ1) is 29.3. The van der Waals surface area contributed by atoms with Crippen molar-refractivity contribution in [1.82, 2.24) is 20.2 Å². The van der Waals surface area contributed by atoms with Crippen molar-refractivity contribution in [3.05, 3.63) is 63.3 Å². The van der Waals surface area contributed by atoms with Crippen molar-refractivity contribution >= 4 is 56.2 Å². The van der Waals surface area contributed by atoms with E-state index in [1.54, 1.807) is 25.1 Å². The molecule has 1 amide bonds. The van der Waals surface area contributed by atoms with E-state index in [4.69, 9.17) is 37.1 Å². The molecule has 2 bridgehead atoms. The summed E-state index contributed by atoms with van der Waals surface area (Å²) in [5, 5.41) is 9.32. The first-order valence-electron chi connectivity index (χ1n) is 15.5. The summed E-state index contributed by atoms with van der Waals surface area (Å²) in [6.07, 6.45) is 7.20. The van der Waals surface area contributed by atoms with Crippen molar-refractivity contribution in [2.75, 3.05) is 4.90 Å². The number of fused-ring (bicyclic) bond motifs is 3. The normalized spacial score (nSPS) is 23.9. The lowest BCUT2D eigenvalue weighted by molar-refractivity contribution is 0.0981. The Bertz CT molecular complexity index is 1900. The largest absolute Gasteiger partial charge is 0.423 e.